The van der Waals surface area contributed by atoms with Gasteiger partial charge in [-0.1, -0.05) is 19.1 Å². The van der Waals surface area contributed by atoms with Crippen molar-refractivity contribution in [2.24, 2.45) is 0 Å². The molecule has 6 heteroatoms. The van der Waals surface area contributed by atoms with E-state index in [9.17, 15) is 13.2 Å². The van der Waals surface area contributed by atoms with Gasteiger partial charge < -0.3 is 10.1 Å². The summed E-state index contributed by atoms with van der Waals surface area (Å²) in [5, 5.41) is 3.13. The van der Waals surface area contributed by atoms with E-state index in [2.05, 4.69) is 21.2 Å². The van der Waals surface area contributed by atoms with Gasteiger partial charge in [0.05, 0.1) is 4.47 Å². The zero-order valence-electron chi connectivity index (χ0n) is 9.98. The highest BCUT2D eigenvalue weighted by molar-refractivity contribution is 9.10. The number of alkyl halides is 3. The Kier molecular flexibility index (Phi) is 5.95. The number of ether oxygens (including phenoxy) is 1. The van der Waals surface area contributed by atoms with Gasteiger partial charge in [0, 0.05) is 12.1 Å². The van der Waals surface area contributed by atoms with Gasteiger partial charge in [0.2, 0.25) is 0 Å². The molecule has 0 unspecified atom stereocenters. The van der Waals surface area contributed by atoms with E-state index in [1.54, 1.807) is 18.2 Å². The molecule has 18 heavy (non-hydrogen) atoms. The number of hydrogen-bond donors (Lipinski definition) is 1. The van der Waals surface area contributed by atoms with Crippen LogP contribution in [0.1, 0.15) is 18.9 Å². The Balaban J connectivity index is 2.74. The first-order chi connectivity index (χ1) is 8.44. The van der Waals surface area contributed by atoms with Gasteiger partial charge in [-0.3, -0.25) is 0 Å². The van der Waals surface area contributed by atoms with E-state index in [0.717, 1.165) is 13.0 Å². The Morgan fingerprint density at radius 2 is 2.06 bits per heavy atom. The summed E-state index contributed by atoms with van der Waals surface area (Å²) in [5.41, 5.74) is 0.710. The molecular weight excluding hydrogens is 311 g/mol. The van der Waals surface area contributed by atoms with Crippen molar-refractivity contribution in [1.82, 2.24) is 5.32 Å². The first-order valence-corrected chi connectivity index (χ1v) is 6.41. The summed E-state index contributed by atoms with van der Waals surface area (Å²) < 4.78 is 41.8. The van der Waals surface area contributed by atoms with Gasteiger partial charge >= 0.3 is 6.18 Å². The number of rotatable bonds is 6. The van der Waals surface area contributed by atoms with Crippen molar-refractivity contribution in [1.29, 1.82) is 0 Å². The molecule has 1 aromatic rings. The lowest BCUT2D eigenvalue weighted by Gasteiger charge is -2.15. The normalized spacial score (nSPS) is 11.6. The van der Waals surface area contributed by atoms with Gasteiger partial charge in [-0.25, -0.2) is 0 Å². The number of hydrogen-bond acceptors (Lipinski definition) is 2. The lowest BCUT2D eigenvalue weighted by molar-refractivity contribution is -0.153. The SMILES string of the molecule is CCCNCc1cccc(Br)c1OCC(F)(F)F. The number of para-hydroxylation sites is 1. The van der Waals surface area contributed by atoms with Crippen molar-refractivity contribution in [3.05, 3.63) is 28.2 Å². The molecule has 0 spiro atoms. The van der Waals surface area contributed by atoms with Crippen LogP contribution in [-0.4, -0.2) is 19.3 Å². The van der Waals surface area contributed by atoms with Gasteiger partial charge in [0.1, 0.15) is 5.75 Å². The van der Waals surface area contributed by atoms with Crippen molar-refractivity contribution in [2.45, 2.75) is 26.1 Å². The van der Waals surface area contributed by atoms with Crippen LogP contribution in [0.4, 0.5) is 13.2 Å². The van der Waals surface area contributed by atoms with Crippen LogP contribution in [0.5, 0.6) is 5.75 Å². The topological polar surface area (TPSA) is 21.3 Å². The molecule has 0 saturated heterocycles. The Hall–Kier alpha value is -0.750. The lowest BCUT2D eigenvalue weighted by atomic mass is 10.2. The summed E-state index contributed by atoms with van der Waals surface area (Å²) in [4.78, 5) is 0. The van der Waals surface area contributed by atoms with E-state index in [4.69, 9.17) is 4.74 Å². The average Bonchev–Trinajstić information content (AvgIpc) is 2.27. The first kappa shape index (κ1) is 15.3. The third-order valence-corrected chi connectivity index (χ3v) is 2.80. The van der Waals surface area contributed by atoms with Crippen LogP contribution >= 0.6 is 15.9 Å². The standard InChI is InChI=1S/C12H15BrF3NO/c1-2-6-17-7-9-4-3-5-10(13)11(9)18-8-12(14,15)16/h3-5,17H,2,6-8H2,1H3. The Morgan fingerprint density at radius 3 is 2.67 bits per heavy atom. The maximum Gasteiger partial charge on any atom is 0.422 e. The molecule has 0 aliphatic rings. The molecule has 0 atom stereocenters. The summed E-state index contributed by atoms with van der Waals surface area (Å²) >= 11 is 3.20. The van der Waals surface area contributed by atoms with E-state index < -0.39 is 12.8 Å². The molecule has 0 saturated carbocycles. The van der Waals surface area contributed by atoms with Crippen molar-refractivity contribution >= 4 is 15.9 Å². The summed E-state index contributed by atoms with van der Waals surface area (Å²) in [7, 11) is 0. The molecule has 1 N–H and O–H groups in total. The van der Waals surface area contributed by atoms with E-state index in [0.29, 0.717) is 16.6 Å². The fourth-order valence-corrected chi connectivity index (χ4v) is 1.93. The number of halogens is 4. The molecule has 0 heterocycles. The highest BCUT2D eigenvalue weighted by Crippen LogP contribution is 2.30. The van der Waals surface area contributed by atoms with Gasteiger partial charge in [-0.05, 0) is 35.0 Å². The van der Waals surface area contributed by atoms with Crippen molar-refractivity contribution < 1.29 is 17.9 Å². The third kappa shape index (κ3) is 5.27. The molecule has 0 bridgehead atoms. The fourth-order valence-electron chi connectivity index (χ4n) is 1.41. The highest BCUT2D eigenvalue weighted by atomic mass is 79.9. The van der Waals surface area contributed by atoms with Gasteiger partial charge in [0.15, 0.2) is 6.61 Å². The van der Waals surface area contributed by atoms with Crippen LogP contribution in [0.2, 0.25) is 0 Å². The van der Waals surface area contributed by atoms with Crippen LogP contribution in [-0.2, 0) is 6.54 Å². The zero-order chi connectivity index (χ0) is 13.6. The van der Waals surface area contributed by atoms with Crippen molar-refractivity contribution in [3.63, 3.8) is 0 Å². The fraction of sp³-hybridized carbons (Fsp3) is 0.500. The third-order valence-electron chi connectivity index (χ3n) is 2.17. The largest absolute Gasteiger partial charge is 0.483 e. The minimum Gasteiger partial charge on any atom is -0.483 e. The molecule has 0 aliphatic heterocycles. The van der Waals surface area contributed by atoms with Crippen LogP contribution in [0.25, 0.3) is 0 Å². The van der Waals surface area contributed by atoms with Crippen LogP contribution in [0.3, 0.4) is 0 Å². The second-order valence-corrected chi connectivity index (χ2v) is 4.66. The van der Waals surface area contributed by atoms with E-state index >= 15 is 0 Å². The maximum atomic E-state index is 12.2. The molecule has 0 fully saturated rings. The van der Waals surface area contributed by atoms with Gasteiger partial charge in [-0.15, -0.1) is 0 Å². The predicted molar refractivity (Wildman–Crippen MR) is 67.7 cm³/mol. The molecule has 0 amide bonds. The summed E-state index contributed by atoms with van der Waals surface area (Å²) in [6.45, 7) is 2.04. The zero-order valence-corrected chi connectivity index (χ0v) is 11.6. The molecular formula is C12H15BrF3NO. The second-order valence-electron chi connectivity index (χ2n) is 3.81. The first-order valence-electron chi connectivity index (χ1n) is 5.61. The molecule has 1 aromatic carbocycles. The van der Waals surface area contributed by atoms with Crippen LogP contribution in [0.15, 0.2) is 22.7 Å². The van der Waals surface area contributed by atoms with Gasteiger partial charge in [-0.2, -0.15) is 13.2 Å². The summed E-state index contributed by atoms with van der Waals surface area (Å²) in [5.74, 6) is 0.249. The van der Waals surface area contributed by atoms with Crippen LogP contribution < -0.4 is 10.1 Å². The number of benzene rings is 1. The van der Waals surface area contributed by atoms with Crippen molar-refractivity contribution in [2.75, 3.05) is 13.2 Å². The van der Waals surface area contributed by atoms with E-state index in [1.165, 1.54) is 0 Å². The highest BCUT2D eigenvalue weighted by Gasteiger charge is 2.29. The maximum absolute atomic E-state index is 12.2. The monoisotopic (exact) mass is 325 g/mol. The van der Waals surface area contributed by atoms with E-state index in [1.807, 2.05) is 6.92 Å². The summed E-state index contributed by atoms with van der Waals surface area (Å²) in [6.07, 6.45) is -3.36. The molecule has 0 aromatic heterocycles. The lowest BCUT2D eigenvalue weighted by Crippen LogP contribution is -2.21. The predicted octanol–water partition coefficient (Wildman–Crippen LogP) is 3.89. The van der Waals surface area contributed by atoms with Crippen molar-refractivity contribution in [3.8, 4) is 5.75 Å². The number of nitrogens with one attached hydrogen (secondary N) is 1. The van der Waals surface area contributed by atoms with E-state index in [-0.39, 0.29) is 5.75 Å². The molecule has 102 valence electrons. The molecule has 2 nitrogen and oxygen atoms in total. The van der Waals surface area contributed by atoms with Crippen LogP contribution in [0, 0.1) is 0 Å². The Bertz CT molecular complexity index is 382. The Morgan fingerprint density at radius 1 is 1.33 bits per heavy atom. The smallest absolute Gasteiger partial charge is 0.422 e. The second kappa shape index (κ2) is 6.99. The molecule has 1 rings (SSSR count). The average molecular weight is 326 g/mol. The van der Waals surface area contributed by atoms with Gasteiger partial charge in [0.25, 0.3) is 0 Å². The Labute approximate surface area is 113 Å². The minimum absolute atomic E-state index is 0.249. The summed E-state index contributed by atoms with van der Waals surface area (Å²) in [6, 6.07) is 5.18. The molecule has 0 radical (unpaired) electrons. The molecule has 0 aliphatic carbocycles. The quantitative estimate of drug-likeness (QED) is 0.801. The minimum atomic E-state index is -4.33.